The van der Waals surface area contributed by atoms with Crippen molar-refractivity contribution in [1.29, 1.82) is 5.26 Å². The molecular formula is C14H13FN4. The number of nitrogens with two attached hydrogens (primary N) is 1. The minimum absolute atomic E-state index is 0.0205. The van der Waals surface area contributed by atoms with E-state index in [4.69, 9.17) is 11.0 Å². The van der Waals surface area contributed by atoms with Crippen LogP contribution in [0.25, 0.3) is 11.3 Å². The van der Waals surface area contributed by atoms with E-state index < -0.39 is 5.82 Å². The Morgan fingerprint density at radius 1 is 1.58 bits per heavy atom. The Labute approximate surface area is 110 Å². The summed E-state index contributed by atoms with van der Waals surface area (Å²) >= 11 is 0. The fourth-order valence-corrected chi connectivity index (χ4v) is 1.91. The van der Waals surface area contributed by atoms with Crippen molar-refractivity contribution in [3.8, 4) is 17.3 Å². The molecule has 1 aromatic carbocycles. The molecular weight excluding hydrogens is 243 g/mol. The minimum Gasteiger partial charge on any atom is -0.383 e. The molecule has 2 aromatic rings. The van der Waals surface area contributed by atoms with Crippen LogP contribution in [0.1, 0.15) is 11.4 Å². The third-order valence-electron chi connectivity index (χ3n) is 2.87. The molecule has 0 bridgehead atoms. The summed E-state index contributed by atoms with van der Waals surface area (Å²) in [4.78, 5) is 4.36. The SMILES string of the molecule is C=CCn1c(C)nc(-c2ccc(F)c(C#N)c2)c1N. The van der Waals surface area contributed by atoms with E-state index in [1.54, 1.807) is 22.8 Å². The van der Waals surface area contributed by atoms with Gasteiger partial charge in [0.2, 0.25) is 0 Å². The second kappa shape index (κ2) is 4.94. The summed E-state index contributed by atoms with van der Waals surface area (Å²) < 4.78 is 15.1. The van der Waals surface area contributed by atoms with Crippen LogP contribution in [0.15, 0.2) is 30.9 Å². The van der Waals surface area contributed by atoms with Gasteiger partial charge in [-0.1, -0.05) is 6.08 Å². The molecule has 2 N–H and O–H groups in total. The zero-order valence-electron chi connectivity index (χ0n) is 10.5. The van der Waals surface area contributed by atoms with Crippen LogP contribution in [-0.2, 0) is 6.54 Å². The zero-order valence-corrected chi connectivity index (χ0v) is 10.5. The van der Waals surface area contributed by atoms with E-state index in [1.807, 2.05) is 6.92 Å². The molecule has 19 heavy (non-hydrogen) atoms. The van der Waals surface area contributed by atoms with E-state index in [0.717, 1.165) is 5.82 Å². The van der Waals surface area contributed by atoms with E-state index in [2.05, 4.69) is 11.6 Å². The molecule has 1 heterocycles. The Morgan fingerprint density at radius 3 is 2.95 bits per heavy atom. The number of imidazole rings is 1. The van der Waals surface area contributed by atoms with E-state index in [0.29, 0.717) is 23.6 Å². The Bertz CT molecular complexity index is 679. The van der Waals surface area contributed by atoms with Crippen LogP contribution in [0, 0.1) is 24.1 Å². The summed E-state index contributed by atoms with van der Waals surface area (Å²) in [5.41, 5.74) is 7.19. The smallest absolute Gasteiger partial charge is 0.140 e. The number of allylic oxidation sites excluding steroid dienone is 1. The van der Waals surface area contributed by atoms with Gasteiger partial charge in [-0.2, -0.15) is 5.26 Å². The van der Waals surface area contributed by atoms with Crippen molar-refractivity contribution in [2.75, 3.05) is 5.73 Å². The normalized spacial score (nSPS) is 10.2. The molecule has 0 aliphatic heterocycles. The predicted molar refractivity (Wildman–Crippen MR) is 71.7 cm³/mol. The van der Waals surface area contributed by atoms with Crippen LogP contribution in [-0.4, -0.2) is 9.55 Å². The molecule has 0 spiro atoms. The molecule has 0 fully saturated rings. The molecule has 0 atom stereocenters. The average Bonchev–Trinajstić information content (AvgIpc) is 2.68. The van der Waals surface area contributed by atoms with E-state index in [-0.39, 0.29) is 5.56 Å². The highest BCUT2D eigenvalue weighted by atomic mass is 19.1. The molecule has 0 saturated carbocycles. The first-order valence-corrected chi connectivity index (χ1v) is 5.72. The number of benzene rings is 1. The standard InChI is InChI=1S/C14H13FN4/c1-3-6-19-9(2)18-13(14(19)17)10-4-5-12(15)11(7-10)8-16/h3-5,7H,1,6,17H2,2H3. The van der Waals surface area contributed by atoms with Gasteiger partial charge in [0, 0.05) is 12.1 Å². The zero-order chi connectivity index (χ0) is 14.0. The Kier molecular flexibility index (Phi) is 3.34. The number of hydrogen-bond acceptors (Lipinski definition) is 3. The van der Waals surface area contributed by atoms with Gasteiger partial charge in [-0.15, -0.1) is 6.58 Å². The van der Waals surface area contributed by atoms with Crippen LogP contribution in [0.5, 0.6) is 0 Å². The Morgan fingerprint density at radius 2 is 2.32 bits per heavy atom. The third-order valence-corrected chi connectivity index (χ3v) is 2.87. The number of anilines is 1. The maximum absolute atomic E-state index is 13.3. The Balaban J connectivity index is 2.57. The lowest BCUT2D eigenvalue weighted by molar-refractivity contribution is 0.624. The molecule has 5 heteroatoms. The number of nitrogens with zero attached hydrogens (tertiary/aromatic N) is 3. The fourth-order valence-electron chi connectivity index (χ4n) is 1.91. The number of nitrogen functional groups attached to an aromatic ring is 1. The number of nitriles is 1. The van der Waals surface area contributed by atoms with Crippen molar-refractivity contribution >= 4 is 5.82 Å². The molecule has 4 nitrogen and oxygen atoms in total. The van der Waals surface area contributed by atoms with Gasteiger partial charge in [0.15, 0.2) is 0 Å². The summed E-state index contributed by atoms with van der Waals surface area (Å²) in [7, 11) is 0. The first-order valence-electron chi connectivity index (χ1n) is 5.72. The molecule has 0 unspecified atom stereocenters. The van der Waals surface area contributed by atoms with E-state index in [1.165, 1.54) is 12.1 Å². The van der Waals surface area contributed by atoms with Gasteiger partial charge in [-0.3, -0.25) is 0 Å². The van der Waals surface area contributed by atoms with Crippen LogP contribution < -0.4 is 5.73 Å². The first-order chi connectivity index (χ1) is 9.08. The minimum atomic E-state index is -0.549. The van der Waals surface area contributed by atoms with Crippen molar-refractivity contribution in [3.05, 3.63) is 48.1 Å². The topological polar surface area (TPSA) is 67.6 Å². The maximum Gasteiger partial charge on any atom is 0.140 e. The quantitative estimate of drug-likeness (QED) is 0.858. The lowest BCUT2D eigenvalue weighted by atomic mass is 10.1. The van der Waals surface area contributed by atoms with Crippen LogP contribution in [0.2, 0.25) is 0 Å². The number of hydrogen-bond donors (Lipinski definition) is 1. The second-order valence-corrected chi connectivity index (χ2v) is 4.10. The number of rotatable bonds is 3. The molecule has 2 rings (SSSR count). The summed E-state index contributed by atoms with van der Waals surface area (Å²) in [6.45, 7) is 6.05. The van der Waals surface area contributed by atoms with E-state index >= 15 is 0 Å². The van der Waals surface area contributed by atoms with Gasteiger partial charge in [0.25, 0.3) is 0 Å². The average molecular weight is 256 g/mol. The lowest BCUT2D eigenvalue weighted by Crippen LogP contribution is -2.03. The van der Waals surface area contributed by atoms with Gasteiger partial charge in [-0.25, -0.2) is 9.37 Å². The van der Waals surface area contributed by atoms with Gasteiger partial charge in [0.1, 0.15) is 29.2 Å². The molecule has 1 aromatic heterocycles. The molecule has 0 aliphatic rings. The molecule has 96 valence electrons. The summed E-state index contributed by atoms with van der Waals surface area (Å²) in [5, 5.41) is 8.84. The van der Waals surface area contributed by atoms with Gasteiger partial charge in [0.05, 0.1) is 5.56 Å². The summed E-state index contributed by atoms with van der Waals surface area (Å²) in [6, 6.07) is 6.06. The van der Waals surface area contributed by atoms with Gasteiger partial charge in [-0.05, 0) is 25.1 Å². The largest absolute Gasteiger partial charge is 0.383 e. The molecule has 0 aliphatic carbocycles. The molecule has 0 saturated heterocycles. The highest BCUT2D eigenvalue weighted by Crippen LogP contribution is 2.27. The fraction of sp³-hybridized carbons (Fsp3) is 0.143. The van der Waals surface area contributed by atoms with Crippen molar-refractivity contribution in [3.63, 3.8) is 0 Å². The highest BCUT2D eigenvalue weighted by molar-refractivity contribution is 5.72. The second-order valence-electron chi connectivity index (χ2n) is 4.10. The number of halogens is 1. The summed E-state index contributed by atoms with van der Waals surface area (Å²) in [5.74, 6) is 0.676. The monoisotopic (exact) mass is 256 g/mol. The third kappa shape index (κ3) is 2.20. The lowest BCUT2D eigenvalue weighted by Gasteiger charge is -2.04. The van der Waals surface area contributed by atoms with Crippen molar-refractivity contribution in [2.45, 2.75) is 13.5 Å². The maximum atomic E-state index is 13.3. The van der Waals surface area contributed by atoms with Crippen LogP contribution in [0.3, 0.4) is 0 Å². The van der Waals surface area contributed by atoms with E-state index in [9.17, 15) is 4.39 Å². The van der Waals surface area contributed by atoms with Gasteiger partial charge >= 0.3 is 0 Å². The number of aromatic nitrogens is 2. The van der Waals surface area contributed by atoms with Crippen LogP contribution in [0.4, 0.5) is 10.2 Å². The predicted octanol–water partition coefficient (Wildman–Crippen LogP) is 2.64. The van der Waals surface area contributed by atoms with Crippen LogP contribution >= 0.6 is 0 Å². The first kappa shape index (κ1) is 12.8. The van der Waals surface area contributed by atoms with Gasteiger partial charge < -0.3 is 10.3 Å². The molecule has 0 radical (unpaired) electrons. The summed E-state index contributed by atoms with van der Waals surface area (Å²) in [6.07, 6.45) is 1.72. The number of aryl methyl sites for hydroxylation is 1. The van der Waals surface area contributed by atoms with Crippen molar-refractivity contribution in [2.24, 2.45) is 0 Å². The van der Waals surface area contributed by atoms with Crippen molar-refractivity contribution < 1.29 is 4.39 Å². The highest BCUT2D eigenvalue weighted by Gasteiger charge is 2.14. The Hall–Kier alpha value is -2.61. The van der Waals surface area contributed by atoms with Crippen molar-refractivity contribution in [1.82, 2.24) is 9.55 Å². The molecule has 0 amide bonds.